The summed E-state index contributed by atoms with van der Waals surface area (Å²) in [6, 6.07) is 7.27. The topological polar surface area (TPSA) is 68.7 Å². The van der Waals surface area contributed by atoms with Crippen LogP contribution >= 0.6 is 11.3 Å². The lowest BCUT2D eigenvalue weighted by Crippen LogP contribution is -2.32. The predicted molar refractivity (Wildman–Crippen MR) is 114 cm³/mol. The van der Waals surface area contributed by atoms with E-state index in [0.717, 1.165) is 25.0 Å². The largest absolute Gasteiger partial charge is 0.494 e. The minimum absolute atomic E-state index is 0.0550. The Labute approximate surface area is 176 Å². The van der Waals surface area contributed by atoms with Crippen molar-refractivity contribution >= 4 is 23.2 Å². The van der Waals surface area contributed by atoms with Crippen molar-refractivity contribution in [2.45, 2.75) is 46.6 Å². The molecular formula is C22H30N2O4S. The van der Waals surface area contributed by atoms with E-state index in [4.69, 9.17) is 9.47 Å². The first-order valence-corrected chi connectivity index (χ1v) is 10.9. The number of carbonyl (C=O) groups excluding carboxylic acids is 2. The molecular weight excluding hydrogens is 388 g/mol. The summed E-state index contributed by atoms with van der Waals surface area (Å²) in [5.74, 6) is 0.722. The Balaban J connectivity index is 2.10. The van der Waals surface area contributed by atoms with Crippen LogP contribution in [0.1, 0.15) is 65.9 Å². The number of unbranched alkanes of at least 4 members (excludes halogenated alkanes) is 1. The van der Waals surface area contributed by atoms with Crippen LogP contribution in [0.25, 0.3) is 0 Å². The first-order chi connectivity index (χ1) is 13.9. The van der Waals surface area contributed by atoms with Gasteiger partial charge in [0.05, 0.1) is 20.3 Å². The zero-order valence-electron chi connectivity index (χ0n) is 17.6. The summed E-state index contributed by atoms with van der Waals surface area (Å²) in [6.45, 7) is 8.04. The summed E-state index contributed by atoms with van der Waals surface area (Å²) in [5, 5.41) is 2.37. The number of methoxy groups -OCH3 is 1. The third kappa shape index (κ3) is 7.16. The Hall–Kier alpha value is -2.41. The number of rotatable bonds is 11. The highest BCUT2D eigenvalue weighted by Crippen LogP contribution is 2.19. The zero-order chi connectivity index (χ0) is 21.2. The second-order valence-electron chi connectivity index (χ2n) is 7.25. The molecule has 1 aromatic heterocycles. The predicted octanol–water partition coefficient (Wildman–Crippen LogP) is 4.80. The van der Waals surface area contributed by atoms with Crippen LogP contribution < -0.4 is 4.74 Å². The molecule has 0 aliphatic heterocycles. The number of amides is 1. The highest BCUT2D eigenvalue weighted by molar-refractivity contribution is 7.09. The third-order valence-electron chi connectivity index (χ3n) is 4.40. The van der Waals surface area contributed by atoms with Crippen molar-refractivity contribution in [1.82, 2.24) is 9.88 Å². The van der Waals surface area contributed by atoms with Crippen molar-refractivity contribution in [3.63, 3.8) is 0 Å². The maximum absolute atomic E-state index is 13.1. The van der Waals surface area contributed by atoms with Crippen LogP contribution in [0.3, 0.4) is 0 Å². The van der Waals surface area contributed by atoms with Crippen LogP contribution in [0.4, 0.5) is 0 Å². The van der Waals surface area contributed by atoms with Crippen LogP contribution in [-0.2, 0) is 11.3 Å². The fraction of sp³-hybridized carbons (Fsp3) is 0.500. The fourth-order valence-electron chi connectivity index (χ4n) is 2.62. The molecule has 7 heteroatoms. The minimum Gasteiger partial charge on any atom is -0.494 e. The normalized spacial score (nSPS) is 10.8. The van der Waals surface area contributed by atoms with E-state index in [-0.39, 0.29) is 11.6 Å². The van der Waals surface area contributed by atoms with Crippen LogP contribution in [0, 0.1) is 5.92 Å². The molecule has 0 saturated heterocycles. The number of thiazole rings is 1. The van der Waals surface area contributed by atoms with E-state index >= 15 is 0 Å². The Bertz CT molecular complexity index is 786. The summed E-state index contributed by atoms with van der Waals surface area (Å²) >= 11 is 1.36. The molecule has 0 N–H and O–H groups in total. The Kier molecular flexibility index (Phi) is 9.12. The average Bonchev–Trinajstić information content (AvgIpc) is 3.19. The first kappa shape index (κ1) is 22.9. The molecule has 0 aliphatic carbocycles. The monoisotopic (exact) mass is 418 g/mol. The lowest BCUT2D eigenvalue weighted by Gasteiger charge is -2.23. The van der Waals surface area contributed by atoms with Crippen LogP contribution in [0.15, 0.2) is 29.6 Å². The molecule has 0 unspecified atom stereocenters. The number of benzene rings is 1. The van der Waals surface area contributed by atoms with Crippen LogP contribution in [0.5, 0.6) is 5.75 Å². The standard InChI is InChI=1S/C22H30N2O4S/c1-5-6-13-28-18-9-7-17(8-10-18)21(25)24(12-11-16(2)3)14-20-23-19(15-29-20)22(26)27-4/h7-10,15-16H,5-6,11-14H2,1-4H3. The van der Waals surface area contributed by atoms with E-state index in [1.165, 1.54) is 18.4 Å². The average molecular weight is 419 g/mol. The van der Waals surface area contributed by atoms with Crippen molar-refractivity contribution in [2.75, 3.05) is 20.3 Å². The molecule has 1 heterocycles. The SMILES string of the molecule is CCCCOc1ccc(C(=O)N(CCC(C)C)Cc2nc(C(=O)OC)cs2)cc1. The van der Waals surface area contributed by atoms with Gasteiger partial charge in [-0.3, -0.25) is 4.79 Å². The minimum atomic E-state index is -0.466. The molecule has 6 nitrogen and oxygen atoms in total. The molecule has 2 rings (SSSR count). The van der Waals surface area contributed by atoms with Gasteiger partial charge in [-0.2, -0.15) is 0 Å². The zero-order valence-corrected chi connectivity index (χ0v) is 18.5. The second-order valence-corrected chi connectivity index (χ2v) is 8.20. The number of hydrogen-bond donors (Lipinski definition) is 0. The van der Waals surface area contributed by atoms with Gasteiger partial charge in [-0.15, -0.1) is 11.3 Å². The number of hydrogen-bond acceptors (Lipinski definition) is 6. The van der Waals surface area contributed by atoms with E-state index in [2.05, 4.69) is 25.8 Å². The van der Waals surface area contributed by atoms with E-state index in [1.54, 1.807) is 22.4 Å². The fourth-order valence-corrected chi connectivity index (χ4v) is 3.40. The summed E-state index contributed by atoms with van der Waals surface area (Å²) in [5.41, 5.74) is 0.888. The van der Waals surface area contributed by atoms with Gasteiger partial charge in [-0.25, -0.2) is 9.78 Å². The van der Waals surface area contributed by atoms with Gasteiger partial charge in [0.1, 0.15) is 10.8 Å². The van der Waals surface area contributed by atoms with Crippen molar-refractivity contribution in [3.8, 4) is 5.75 Å². The van der Waals surface area contributed by atoms with E-state index < -0.39 is 5.97 Å². The number of ether oxygens (including phenoxy) is 2. The van der Waals surface area contributed by atoms with Gasteiger partial charge >= 0.3 is 5.97 Å². The van der Waals surface area contributed by atoms with Gasteiger partial charge in [0.2, 0.25) is 0 Å². The molecule has 1 aromatic carbocycles. The van der Waals surface area contributed by atoms with Crippen molar-refractivity contribution < 1.29 is 19.1 Å². The Morgan fingerprint density at radius 3 is 2.55 bits per heavy atom. The highest BCUT2D eigenvalue weighted by atomic mass is 32.1. The summed E-state index contributed by atoms with van der Waals surface area (Å²) < 4.78 is 10.4. The number of esters is 1. The number of nitrogens with zero attached hydrogens (tertiary/aromatic N) is 2. The van der Waals surface area contributed by atoms with Gasteiger partial charge in [-0.05, 0) is 43.0 Å². The van der Waals surface area contributed by atoms with Crippen LogP contribution in [-0.4, -0.2) is 42.0 Å². The second kappa shape index (κ2) is 11.6. The number of aromatic nitrogens is 1. The van der Waals surface area contributed by atoms with Gasteiger partial charge in [0.25, 0.3) is 5.91 Å². The van der Waals surface area contributed by atoms with E-state index in [1.807, 2.05) is 12.1 Å². The summed E-state index contributed by atoms with van der Waals surface area (Å²) in [6.07, 6.45) is 2.97. The van der Waals surface area contributed by atoms with Crippen molar-refractivity contribution in [1.29, 1.82) is 0 Å². The molecule has 1 amide bonds. The lowest BCUT2D eigenvalue weighted by atomic mass is 10.1. The molecule has 0 atom stereocenters. The van der Waals surface area contributed by atoms with E-state index in [0.29, 0.717) is 36.2 Å². The molecule has 0 aliphatic rings. The first-order valence-electron chi connectivity index (χ1n) is 9.99. The Morgan fingerprint density at radius 1 is 1.21 bits per heavy atom. The van der Waals surface area contributed by atoms with E-state index in [9.17, 15) is 9.59 Å². The molecule has 158 valence electrons. The maximum Gasteiger partial charge on any atom is 0.357 e. The molecule has 2 aromatic rings. The molecule has 0 bridgehead atoms. The van der Waals surface area contributed by atoms with Crippen LogP contribution in [0.2, 0.25) is 0 Å². The number of carbonyl (C=O) groups is 2. The summed E-state index contributed by atoms with van der Waals surface area (Å²) in [4.78, 5) is 30.8. The summed E-state index contributed by atoms with van der Waals surface area (Å²) in [7, 11) is 1.33. The van der Waals surface area contributed by atoms with Gasteiger partial charge in [-0.1, -0.05) is 27.2 Å². The van der Waals surface area contributed by atoms with Gasteiger partial charge in [0.15, 0.2) is 5.69 Å². The smallest absolute Gasteiger partial charge is 0.357 e. The molecule has 0 radical (unpaired) electrons. The maximum atomic E-state index is 13.1. The molecule has 0 saturated carbocycles. The van der Waals surface area contributed by atoms with Crippen molar-refractivity contribution in [3.05, 3.63) is 45.9 Å². The lowest BCUT2D eigenvalue weighted by molar-refractivity contribution is 0.0594. The molecule has 0 fully saturated rings. The quantitative estimate of drug-likeness (QED) is 0.387. The van der Waals surface area contributed by atoms with Crippen molar-refractivity contribution in [2.24, 2.45) is 5.92 Å². The molecule has 0 spiro atoms. The highest BCUT2D eigenvalue weighted by Gasteiger charge is 2.19. The van der Waals surface area contributed by atoms with Gasteiger partial charge < -0.3 is 14.4 Å². The third-order valence-corrected chi connectivity index (χ3v) is 5.24. The van der Waals surface area contributed by atoms with Gasteiger partial charge in [0, 0.05) is 17.5 Å². The Morgan fingerprint density at radius 2 is 1.93 bits per heavy atom. The molecule has 29 heavy (non-hydrogen) atoms.